The van der Waals surface area contributed by atoms with Crippen molar-refractivity contribution in [2.45, 2.75) is 25.1 Å². The minimum atomic E-state index is 0.180. The number of benzene rings is 2. The van der Waals surface area contributed by atoms with Gasteiger partial charge in [0.2, 0.25) is 0 Å². The Kier molecular flexibility index (Phi) is 5.51. The Labute approximate surface area is 143 Å². The van der Waals surface area contributed by atoms with Crippen LogP contribution in [-0.2, 0) is 11.3 Å². The van der Waals surface area contributed by atoms with E-state index in [0.717, 1.165) is 36.4 Å². The number of ether oxygens (including phenoxy) is 2. The van der Waals surface area contributed by atoms with Gasteiger partial charge in [-0.15, -0.1) is 0 Å². The van der Waals surface area contributed by atoms with Crippen LogP contribution in [0.25, 0.3) is 11.1 Å². The maximum atomic E-state index is 9.57. The Hall–Kier alpha value is -1.88. The quantitative estimate of drug-likeness (QED) is 0.886. The van der Waals surface area contributed by atoms with E-state index in [1.165, 1.54) is 5.56 Å². The Morgan fingerprint density at radius 3 is 2.50 bits per heavy atom. The summed E-state index contributed by atoms with van der Waals surface area (Å²) in [5.74, 6) is 0.882. The predicted octanol–water partition coefficient (Wildman–Crippen LogP) is 2.94. The molecule has 0 bridgehead atoms. The first-order valence-corrected chi connectivity index (χ1v) is 8.35. The number of likely N-dealkylation sites (tertiary alicyclic amines) is 1. The number of hydrogen-bond donors (Lipinski definition) is 1. The van der Waals surface area contributed by atoms with Crippen LogP contribution < -0.4 is 4.74 Å². The van der Waals surface area contributed by atoms with E-state index in [1.807, 2.05) is 18.2 Å². The molecule has 0 radical (unpaired) electrons. The standard InChI is InChI=1S/C20H25NO3/c1-23-18-11-17(14-22)21(13-18)12-15-7-9-16(10-8-15)19-5-3-4-6-20(19)24-2/h3-10,17-18,22H,11-14H2,1-2H3/t17-,18-/m0/s1. The lowest BCUT2D eigenvalue weighted by Crippen LogP contribution is -2.31. The number of aliphatic hydroxyl groups is 1. The van der Waals surface area contributed by atoms with Gasteiger partial charge < -0.3 is 14.6 Å². The molecule has 0 spiro atoms. The van der Waals surface area contributed by atoms with E-state index in [4.69, 9.17) is 9.47 Å². The second-order valence-corrected chi connectivity index (χ2v) is 6.26. The maximum Gasteiger partial charge on any atom is 0.126 e. The largest absolute Gasteiger partial charge is 0.496 e. The monoisotopic (exact) mass is 327 g/mol. The molecular formula is C20H25NO3. The van der Waals surface area contributed by atoms with Gasteiger partial charge in [0.15, 0.2) is 0 Å². The molecule has 4 nitrogen and oxygen atoms in total. The molecule has 0 unspecified atom stereocenters. The smallest absolute Gasteiger partial charge is 0.126 e. The Morgan fingerprint density at radius 2 is 1.83 bits per heavy atom. The second-order valence-electron chi connectivity index (χ2n) is 6.26. The van der Waals surface area contributed by atoms with Gasteiger partial charge in [0, 0.05) is 31.8 Å². The van der Waals surface area contributed by atoms with Crippen LogP contribution in [0.1, 0.15) is 12.0 Å². The van der Waals surface area contributed by atoms with Gasteiger partial charge in [0.05, 0.1) is 19.8 Å². The molecule has 1 heterocycles. The lowest BCUT2D eigenvalue weighted by molar-refractivity contribution is 0.107. The first kappa shape index (κ1) is 17.0. The third-order valence-corrected chi connectivity index (χ3v) is 4.79. The molecule has 1 fully saturated rings. The van der Waals surface area contributed by atoms with Gasteiger partial charge in [0.1, 0.15) is 5.75 Å². The van der Waals surface area contributed by atoms with Crippen molar-refractivity contribution in [1.82, 2.24) is 4.90 Å². The summed E-state index contributed by atoms with van der Waals surface area (Å²) in [7, 11) is 3.44. The number of methoxy groups -OCH3 is 2. The second kappa shape index (κ2) is 7.79. The Morgan fingerprint density at radius 1 is 1.08 bits per heavy atom. The fourth-order valence-corrected chi connectivity index (χ4v) is 3.40. The summed E-state index contributed by atoms with van der Waals surface area (Å²) in [5.41, 5.74) is 3.48. The summed E-state index contributed by atoms with van der Waals surface area (Å²) in [6, 6.07) is 16.8. The normalized spacial score (nSPS) is 21.1. The van der Waals surface area contributed by atoms with Gasteiger partial charge in [-0.25, -0.2) is 0 Å². The lowest BCUT2D eigenvalue weighted by atomic mass is 10.0. The van der Waals surface area contributed by atoms with Crippen molar-refractivity contribution in [3.8, 4) is 16.9 Å². The van der Waals surface area contributed by atoms with Crippen LogP contribution in [-0.4, -0.2) is 49.5 Å². The third-order valence-electron chi connectivity index (χ3n) is 4.79. The van der Waals surface area contributed by atoms with Crippen LogP contribution in [0.15, 0.2) is 48.5 Å². The summed E-state index contributed by atoms with van der Waals surface area (Å²) >= 11 is 0. The zero-order valence-electron chi connectivity index (χ0n) is 14.3. The molecule has 0 aromatic heterocycles. The van der Waals surface area contributed by atoms with Crippen molar-refractivity contribution in [1.29, 1.82) is 0 Å². The van der Waals surface area contributed by atoms with Crippen molar-refractivity contribution in [2.24, 2.45) is 0 Å². The highest BCUT2D eigenvalue weighted by molar-refractivity contribution is 5.70. The summed E-state index contributed by atoms with van der Waals surface area (Å²) in [6.07, 6.45) is 1.11. The molecular weight excluding hydrogens is 302 g/mol. The van der Waals surface area contributed by atoms with Crippen LogP contribution in [0.3, 0.4) is 0 Å². The number of aliphatic hydroxyl groups excluding tert-OH is 1. The Balaban J connectivity index is 1.73. The lowest BCUT2D eigenvalue weighted by Gasteiger charge is -2.22. The summed E-state index contributed by atoms with van der Waals surface area (Å²) < 4.78 is 10.9. The molecule has 0 saturated carbocycles. The summed E-state index contributed by atoms with van der Waals surface area (Å²) in [4.78, 5) is 2.30. The zero-order chi connectivity index (χ0) is 16.9. The van der Waals surface area contributed by atoms with Crippen molar-refractivity contribution < 1.29 is 14.6 Å². The molecule has 1 N–H and O–H groups in total. The SMILES string of the molecule is COc1ccccc1-c1ccc(CN2C[C@@H](OC)C[C@H]2CO)cc1. The van der Waals surface area contributed by atoms with Crippen molar-refractivity contribution in [3.05, 3.63) is 54.1 Å². The van der Waals surface area contributed by atoms with E-state index in [1.54, 1.807) is 14.2 Å². The maximum absolute atomic E-state index is 9.57. The van der Waals surface area contributed by atoms with Gasteiger partial charge in [-0.1, -0.05) is 42.5 Å². The third kappa shape index (κ3) is 3.61. The molecule has 2 aromatic carbocycles. The zero-order valence-corrected chi connectivity index (χ0v) is 14.3. The van der Waals surface area contributed by atoms with Gasteiger partial charge in [-0.3, -0.25) is 4.90 Å². The summed E-state index contributed by atoms with van der Waals surface area (Å²) in [5, 5.41) is 9.57. The molecule has 4 heteroatoms. The molecule has 0 amide bonds. The van der Waals surface area contributed by atoms with E-state index in [-0.39, 0.29) is 18.8 Å². The van der Waals surface area contributed by atoms with Crippen LogP contribution in [0.2, 0.25) is 0 Å². The van der Waals surface area contributed by atoms with E-state index in [0.29, 0.717) is 0 Å². The minimum Gasteiger partial charge on any atom is -0.496 e. The van der Waals surface area contributed by atoms with Crippen LogP contribution in [0.4, 0.5) is 0 Å². The number of para-hydroxylation sites is 1. The minimum absolute atomic E-state index is 0.180. The van der Waals surface area contributed by atoms with Gasteiger partial charge in [-0.2, -0.15) is 0 Å². The fourth-order valence-electron chi connectivity index (χ4n) is 3.40. The summed E-state index contributed by atoms with van der Waals surface area (Å²) in [6.45, 7) is 1.88. The average molecular weight is 327 g/mol. The predicted molar refractivity (Wildman–Crippen MR) is 95.1 cm³/mol. The molecule has 3 rings (SSSR count). The topological polar surface area (TPSA) is 41.9 Å². The average Bonchev–Trinajstić information content (AvgIpc) is 3.04. The van der Waals surface area contributed by atoms with E-state index in [9.17, 15) is 5.11 Å². The van der Waals surface area contributed by atoms with Crippen LogP contribution >= 0.6 is 0 Å². The van der Waals surface area contributed by atoms with Crippen LogP contribution in [0, 0.1) is 0 Å². The highest BCUT2D eigenvalue weighted by atomic mass is 16.5. The van der Waals surface area contributed by atoms with Crippen molar-refractivity contribution in [3.63, 3.8) is 0 Å². The highest BCUT2D eigenvalue weighted by Crippen LogP contribution is 2.30. The van der Waals surface area contributed by atoms with E-state index in [2.05, 4.69) is 35.2 Å². The number of hydrogen-bond acceptors (Lipinski definition) is 4. The molecule has 2 aromatic rings. The molecule has 1 saturated heterocycles. The Bertz CT molecular complexity index is 656. The first-order valence-electron chi connectivity index (χ1n) is 8.35. The molecule has 2 atom stereocenters. The molecule has 128 valence electrons. The molecule has 0 aliphatic carbocycles. The van der Waals surface area contributed by atoms with Gasteiger partial charge in [0.25, 0.3) is 0 Å². The molecule has 1 aliphatic rings. The van der Waals surface area contributed by atoms with E-state index >= 15 is 0 Å². The number of rotatable bonds is 6. The fraction of sp³-hybridized carbons (Fsp3) is 0.400. The van der Waals surface area contributed by atoms with Crippen molar-refractivity contribution in [2.75, 3.05) is 27.4 Å². The van der Waals surface area contributed by atoms with Gasteiger partial charge >= 0.3 is 0 Å². The van der Waals surface area contributed by atoms with E-state index < -0.39 is 0 Å². The highest BCUT2D eigenvalue weighted by Gasteiger charge is 2.31. The first-order chi connectivity index (χ1) is 11.7. The molecule has 24 heavy (non-hydrogen) atoms. The number of nitrogens with zero attached hydrogens (tertiary/aromatic N) is 1. The molecule has 1 aliphatic heterocycles. The van der Waals surface area contributed by atoms with Gasteiger partial charge in [-0.05, 0) is 23.6 Å². The van der Waals surface area contributed by atoms with Crippen molar-refractivity contribution >= 4 is 0 Å². The van der Waals surface area contributed by atoms with Crippen LogP contribution in [0.5, 0.6) is 5.75 Å².